The first-order valence-corrected chi connectivity index (χ1v) is 8.29. The minimum atomic E-state index is 0.772. The number of unbranched alkanes of at least 4 members (excludes halogenated alkanes) is 1. The van der Waals surface area contributed by atoms with Crippen molar-refractivity contribution < 1.29 is 0 Å². The van der Waals surface area contributed by atoms with Gasteiger partial charge in [0.1, 0.15) is 0 Å². The summed E-state index contributed by atoms with van der Waals surface area (Å²) in [6.45, 7) is 4.50. The molecule has 1 nitrogen and oxygen atoms in total. The molecule has 2 aromatic carbocycles. The van der Waals surface area contributed by atoms with E-state index in [1.54, 1.807) is 0 Å². The van der Waals surface area contributed by atoms with Crippen LogP contribution in [0.15, 0.2) is 60.7 Å². The van der Waals surface area contributed by atoms with E-state index in [4.69, 9.17) is 5.26 Å². The molecule has 0 aromatic heterocycles. The molecule has 2 aromatic rings. The summed E-state index contributed by atoms with van der Waals surface area (Å²) >= 11 is 0. The maximum Gasteiger partial charge on any atom is 0.0991 e. The third-order valence-electron chi connectivity index (χ3n) is 3.79. The first kappa shape index (κ1) is 18.0. The topological polar surface area (TPSA) is 23.8 Å². The molecule has 0 N–H and O–H groups in total. The summed E-state index contributed by atoms with van der Waals surface area (Å²) in [7, 11) is 0. The highest BCUT2D eigenvalue weighted by atomic mass is 14.2. The monoisotopic (exact) mass is 293 g/mol. The largest absolute Gasteiger partial charge is 0.192 e. The first-order valence-electron chi connectivity index (χ1n) is 8.29. The van der Waals surface area contributed by atoms with Gasteiger partial charge >= 0.3 is 0 Å². The summed E-state index contributed by atoms with van der Waals surface area (Å²) in [6, 6.07) is 22.2. The van der Waals surface area contributed by atoms with Gasteiger partial charge in [-0.2, -0.15) is 5.26 Å². The summed E-state index contributed by atoms with van der Waals surface area (Å²) in [4.78, 5) is 0. The van der Waals surface area contributed by atoms with Crippen molar-refractivity contribution in [3.8, 4) is 6.07 Å². The van der Waals surface area contributed by atoms with Crippen LogP contribution in [0.25, 0.3) is 0 Å². The molecule has 0 spiro atoms. The zero-order chi connectivity index (χ0) is 16.0. The van der Waals surface area contributed by atoms with Crippen LogP contribution in [0.2, 0.25) is 0 Å². The Balaban J connectivity index is 0.000000335. The Kier molecular flexibility index (Phi) is 9.46. The minimum absolute atomic E-state index is 0.772. The van der Waals surface area contributed by atoms with Gasteiger partial charge in [0.2, 0.25) is 0 Å². The molecule has 0 fully saturated rings. The molecule has 2 rings (SSSR count). The predicted octanol–water partition coefficient (Wildman–Crippen LogP) is 6.00. The molecule has 1 heteroatoms. The van der Waals surface area contributed by atoms with E-state index < -0.39 is 0 Å². The number of benzene rings is 2. The van der Waals surface area contributed by atoms with E-state index in [-0.39, 0.29) is 0 Å². The fourth-order valence-electron chi connectivity index (χ4n) is 2.43. The lowest BCUT2D eigenvalue weighted by Gasteiger charge is -2.14. The Morgan fingerprint density at radius 1 is 0.955 bits per heavy atom. The van der Waals surface area contributed by atoms with E-state index in [0.717, 1.165) is 17.9 Å². The van der Waals surface area contributed by atoms with Gasteiger partial charge in [0.05, 0.1) is 11.6 Å². The Bertz CT molecular complexity index is 513. The maximum atomic E-state index is 8.84. The third kappa shape index (κ3) is 7.64. The Labute approximate surface area is 135 Å². The van der Waals surface area contributed by atoms with Crippen LogP contribution < -0.4 is 0 Å². The number of hydrogen-bond acceptors (Lipinski definition) is 1. The highest BCUT2D eigenvalue weighted by Crippen LogP contribution is 2.19. The molecule has 0 heterocycles. The Morgan fingerprint density at radius 3 is 2.09 bits per heavy atom. The molecule has 1 unspecified atom stereocenters. The highest BCUT2D eigenvalue weighted by molar-refractivity contribution is 5.32. The van der Waals surface area contributed by atoms with Crippen molar-refractivity contribution in [3.63, 3.8) is 0 Å². The number of nitrogens with zero attached hydrogens (tertiary/aromatic N) is 1. The molecular formula is C21H27N. The van der Waals surface area contributed by atoms with E-state index in [1.807, 2.05) is 54.6 Å². The molecule has 0 amide bonds. The quantitative estimate of drug-likeness (QED) is 0.640. The normalized spacial score (nSPS) is 11.0. The fraction of sp³-hybridized carbons (Fsp3) is 0.381. The number of rotatable bonds is 6. The van der Waals surface area contributed by atoms with Gasteiger partial charge in [0, 0.05) is 0 Å². The molecule has 0 saturated heterocycles. The maximum absolute atomic E-state index is 8.84. The van der Waals surface area contributed by atoms with Crippen LogP contribution in [-0.4, -0.2) is 0 Å². The van der Waals surface area contributed by atoms with Gasteiger partial charge in [-0.3, -0.25) is 0 Å². The van der Waals surface area contributed by atoms with Crippen molar-refractivity contribution in [1.29, 1.82) is 5.26 Å². The van der Waals surface area contributed by atoms with E-state index in [1.165, 1.54) is 31.2 Å². The second kappa shape index (κ2) is 11.6. The fourth-order valence-corrected chi connectivity index (χ4v) is 2.43. The van der Waals surface area contributed by atoms with Gasteiger partial charge in [-0.1, -0.05) is 88.1 Å². The van der Waals surface area contributed by atoms with E-state index in [0.29, 0.717) is 0 Å². The summed E-state index contributed by atoms with van der Waals surface area (Å²) < 4.78 is 0. The lowest BCUT2D eigenvalue weighted by atomic mass is 9.91. The summed E-state index contributed by atoms with van der Waals surface area (Å²) in [5.74, 6) is 0.772. The third-order valence-corrected chi connectivity index (χ3v) is 3.79. The standard InChI is InChI=1S/C15H21N.C6H6/c1-3-5-7-13(4-2)10-14-8-6-9-15(11-14)12-16;1-2-4-6-5-3-1/h6,8-9,11,13H,3-5,7,10H2,1-2H3;1-6H. The number of nitriles is 1. The van der Waals surface area contributed by atoms with Crippen LogP contribution in [0.1, 0.15) is 50.7 Å². The minimum Gasteiger partial charge on any atom is -0.192 e. The van der Waals surface area contributed by atoms with E-state index in [2.05, 4.69) is 26.0 Å². The SMILES string of the molecule is CCCCC(CC)Cc1cccc(C#N)c1.c1ccccc1. The zero-order valence-corrected chi connectivity index (χ0v) is 13.8. The van der Waals surface area contributed by atoms with E-state index in [9.17, 15) is 0 Å². The van der Waals surface area contributed by atoms with Gasteiger partial charge in [-0.25, -0.2) is 0 Å². The van der Waals surface area contributed by atoms with Crippen molar-refractivity contribution in [2.24, 2.45) is 5.92 Å². The van der Waals surface area contributed by atoms with Crippen LogP contribution in [-0.2, 0) is 6.42 Å². The van der Waals surface area contributed by atoms with Gasteiger partial charge in [-0.05, 0) is 30.0 Å². The average molecular weight is 293 g/mol. The summed E-state index contributed by atoms with van der Waals surface area (Å²) in [5, 5.41) is 8.84. The molecule has 0 saturated carbocycles. The smallest absolute Gasteiger partial charge is 0.0991 e. The van der Waals surface area contributed by atoms with Crippen molar-refractivity contribution in [2.75, 3.05) is 0 Å². The van der Waals surface area contributed by atoms with E-state index >= 15 is 0 Å². The van der Waals surface area contributed by atoms with Crippen LogP contribution in [0, 0.1) is 17.2 Å². The van der Waals surface area contributed by atoms with Crippen LogP contribution in [0.3, 0.4) is 0 Å². The van der Waals surface area contributed by atoms with Crippen LogP contribution >= 0.6 is 0 Å². The second-order valence-corrected chi connectivity index (χ2v) is 5.59. The van der Waals surface area contributed by atoms with Gasteiger partial charge in [0.25, 0.3) is 0 Å². The van der Waals surface area contributed by atoms with Gasteiger partial charge < -0.3 is 0 Å². The average Bonchev–Trinajstić information content (AvgIpc) is 2.60. The molecule has 0 aliphatic carbocycles. The molecule has 1 atom stereocenters. The molecule has 0 aliphatic heterocycles. The predicted molar refractivity (Wildman–Crippen MR) is 94.6 cm³/mol. The van der Waals surface area contributed by atoms with Gasteiger partial charge in [-0.15, -0.1) is 0 Å². The van der Waals surface area contributed by atoms with Crippen molar-refractivity contribution in [2.45, 2.75) is 46.0 Å². The zero-order valence-electron chi connectivity index (χ0n) is 13.8. The van der Waals surface area contributed by atoms with Crippen molar-refractivity contribution in [3.05, 3.63) is 71.8 Å². The Hall–Kier alpha value is -2.07. The van der Waals surface area contributed by atoms with Crippen molar-refractivity contribution >= 4 is 0 Å². The van der Waals surface area contributed by atoms with Crippen LogP contribution in [0.4, 0.5) is 0 Å². The Morgan fingerprint density at radius 2 is 1.59 bits per heavy atom. The van der Waals surface area contributed by atoms with Crippen molar-refractivity contribution in [1.82, 2.24) is 0 Å². The molecule has 0 bridgehead atoms. The first-order chi connectivity index (χ1) is 10.8. The second-order valence-electron chi connectivity index (χ2n) is 5.59. The van der Waals surface area contributed by atoms with Crippen LogP contribution in [0.5, 0.6) is 0 Å². The molecule has 0 aliphatic rings. The molecule has 0 radical (unpaired) electrons. The summed E-state index contributed by atoms with van der Waals surface area (Å²) in [5.41, 5.74) is 2.09. The number of hydrogen-bond donors (Lipinski definition) is 0. The lowest BCUT2D eigenvalue weighted by molar-refractivity contribution is 0.449. The summed E-state index contributed by atoms with van der Waals surface area (Å²) in [6.07, 6.45) is 6.25. The molecular weight excluding hydrogens is 266 g/mol. The highest BCUT2D eigenvalue weighted by Gasteiger charge is 2.07. The molecule has 116 valence electrons. The molecule has 22 heavy (non-hydrogen) atoms. The lowest BCUT2D eigenvalue weighted by Crippen LogP contribution is -2.03. The van der Waals surface area contributed by atoms with Gasteiger partial charge in [0.15, 0.2) is 0 Å².